The Morgan fingerprint density at radius 1 is 1.40 bits per heavy atom. The Kier molecular flexibility index (Phi) is 7.62. The Morgan fingerprint density at radius 3 is 2.75 bits per heavy atom. The molecule has 114 valence electrons. The quantitative estimate of drug-likeness (QED) is 0.712. The second-order valence-corrected chi connectivity index (χ2v) is 5.34. The molecule has 1 aromatic rings. The minimum atomic E-state index is -0.258. The first kappa shape index (κ1) is 17.0. The van der Waals surface area contributed by atoms with Crippen LogP contribution in [0.5, 0.6) is 0 Å². The Bertz CT molecular complexity index is 460. The van der Waals surface area contributed by atoms with Crippen LogP contribution >= 0.6 is 11.6 Å². The Hall–Kier alpha value is -1.07. The molecule has 0 amide bonds. The molecule has 0 aliphatic carbocycles. The van der Waals surface area contributed by atoms with Crippen LogP contribution in [0.25, 0.3) is 0 Å². The number of hydrogen-bond donors (Lipinski definition) is 1. The number of nitrogens with zero attached hydrogens (tertiary/aromatic N) is 2. The second kappa shape index (κ2) is 8.97. The van der Waals surface area contributed by atoms with Gasteiger partial charge >= 0.3 is 0 Å². The fourth-order valence-corrected chi connectivity index (χ4v) is 1.88. The molecule has 0 atom stereocenters. The molecule has 0 fully saturated rings. The minimum absolute atomic E-state index is 0.000940. The van der Waals surface area contributed by atoms with Gasteiger partial charge in [0.1, 0.15) is 5.02 Å². The van der Waals surface area contributed by atoms with E-state index >= 15 is 0 Å². The number of anilines is 1. The Balaban J connectivity index is 2.42. The number of rotatable bonds is 9. The van der Waals surface area contributed by atoms with Crippen molar-refractivity contribution in [2.75, 3.05) is 25.1 Å². The van der Waals surface area contributed by atoms with Gasteiger partial charge < -0.3 is 10.1 Å². The lowest BCUT2D eigenvalue weighted by atomic mass is 10.3. The highest BCUT2D eigenvalue weighted by Gasteiger charge is 2.10. The lowest BCUT2D eigenvalue weighted by Gasteiger charge is -2.12. The maximum absolute atomic E-state index is 11.9. The van der Waals surface area contributed by atoms with Crippen LogP contribution in [-0.4, -0.2) is 29.5 Å². The monoisotopic (exact) mass is 301 g/mol. The summed E-state index contributed by atoms with van der Waals surface area (Å²) in [6.07, 6.45) is 4.71. The van der Waals surface area contributed by atoms with Crippen LogP contribution in [-0.2, 0) is 4.74 Å². The van der Waals surface area contributed by atoms with Gasteiger partial charge in [0.05, 0.1) is 17.9 Å². The van der Waals surface area contributed by atoms with Gasteiger partial charge in [-0.1, -0.05) is 24.9 Å². The second-order valence-electron chi connectivity index (χ2n) is 4.96. The average Bonchev–Trinajstić information content (AvgIpc) is 2.42. The van der Waals surface area contributed by atoms with E-state index in [1.165, 1.54) is 4.68 Å². The summed E-state index contributed by atoms with van der Waals surface area (Å²) < 4.78 is 6.84. The van der Waals surface area contributed by atoms with Crippen LogP contribution in [0, 0.1) is 0 Å². The topological polar surface area (TPSA) is 56.1 Å². The third-order valence-corrected chi connectivity index (χ3v) is 3.22. The summed E-state index contributed by atoms with van der Waals surface area (Å²) in [5, 5.41) is 7.42. The third-order valence-electron chi connectivity index (χ3n) is 2.86. The average molecular weight is 302 g/mol. The Labute approximate surface area is 125 Å². The van der Waals surface area contributed by atoms with Crippen LogP contribution in [0.1, 0.15) is 46.1 Å². The standard InChI is InChI=1S/C14H24ClN3O2/c1-4-5-8-20-9-6-7-16-12-10-17-18(11(2)3)14(19)13(12)15/h10-11,16H,4-9H2,1-3H3. The molecule has 0 aliphatic rings. The van der Waals surface area contributed by atoms with Crippen molar-refractivity contribution < 1.29 is 4.74 Å². The van der Waals surface area contributed by atoms with Gasteiger partial charge in [0, 0.05) is 19.8 Å². The van der Waals surface area contributed by atoms with E-state index in [0.717, 1.165) is 25.9 Å². The van der Waals surface area contributed by atoms with Crippen molar-refractivity contribution in [2.24, 2.45) is 0 Å². The molecule has 0 bridgehead atoms. The van der Waals surface area contributed by atoms with Crippen molar-refractivity contribution in [3.05, 3.63) is 21.6 Å². The van der Waals surface area contributed by atoms with Gasteiger partial charge in [0.25, 0.3) is 5.56 Å². The molecular weight excluding hydrogens is 278 g/mol. The summed E-state index contributed by atoms with van der Waals surface area (Å²) in [6.45, 7) is 8.15. The summed E-state index contributed by atoms with van der Waals surface area (Å²) in [5.41, 5.74) is 0.327. The SMILES string of the molecule is CCCCOCCCNc1cnn(C(C)C)c(=O)c1Cl. The fourth-order valence-electron chi connectivity index (χ4n) is 1.68. The molecule has 0 aliphatic heterocycles. The maximum atomic E-state index is 11.9. The molecule has 1 aromatic heterocycles. The van der Waals surface area contributed by atoms with Crippen LogP contribution < -0.4 is 10.9 Å². The van der Waals surface area contributed by atoms with Crippen molar-refractivity contribution in [1.29, 1.82) is 0 Å². The predicted octanol–water partition coefficient (Wildman–Crippen LogP) is 3.10. The first-order valence-corrected chi connectivity index (χ1v) is 7.54. The molecule has 1 rings (SSSR count). The van der Waals surface area contributed by atoms with Gasteiger partial charge in [-0.25, -0.2) is 4.68 Å². The van der Waals surface area contributed by atoms with Crippen molar-refractivity contribution in [1.82, 2.24) is 9.78 Å². The van der Waals surface area contributed by atoms with Crippen LogP contribution in [0.15, 0.2) is 11.0 Å². The number of unbranched alkanes of at least 4 members (excludes halogenated alkanes) is 1. The van der Waals surface area contributed by atoms with E-state index in [1.807, 2.05) is 13.8 Å². The van der Waals surface area contributed by atoms with Crippen LogP contribution in [0.3, 0.4) is 0 Å². The number of ether oxygens (including phenoxy) is 1. The highest BCUT2D eigenvalue weighted by molar-refractivity contribution is 6.32. The summed E-state index contributed by atoms with van der Waals surface area (Å²) in [5.74, 6) is 0. The predicted molar refractivity (Wildman–Crippen MR) is 82.7 cm³/mol. The van der Waals surface area contributed by atoms with E-state index in [1.54, 1.807) is 6.20 Å². The van der Waals surface area contributed by atoms with Crippen molar-refractivity contribution >= 4 is 17.3 Å². The molecule has 6 heteroatoms. The maximum Gasteiger partial charge on any atom is 0.287 e. The van der Waals surface area contributed by atoms with Crippen molar-refractivity contribution in [2.45, 2.75) is 46.1 Å². The molecule has 0 unspecified atom stereocenters. The molecule has 0 aromatic carbocycles. The van der Waals surface area contributed by atoms with Gasteiger partial charge in [-0.3, -0.25) is 4.79 Å². The van der Waals surface area contributed by atoms with Gasteiger partial charge in [0.2, 0.25) is 0 Å². The third kappa shape index (κ3) is 5.13. The lowest BCUT2D eigenvalue weighted by Crippen LogP contribution is -2.26. The van der Waals surface area contributed by atoms with Gasteiger partial charge in [-0.05, 0) is 26.7 Å². The normalized spacial score (nSPS) is 11.1. The van der Waals surface area contributed by atoms with E-state index in [-0.39, 0.29) is 16.6 Å². The van der Waals surface area contributed by atoms with Crippen molar-refractivity contribution in [3.8, 4) is 0 Å². The minimum Gasteiger partial charge on any atom is -0.382 e. The molecule has 0 spiro atoms. The largest absolute Gasteiger partial charge is 0.382 e. The summed E-state index contributed by atoms with van der Waals surface area (Å²) >= 11 is 6.06. The number of halogens is 1. The van der Waals surface area contributed by atoms with Gasteiger partial charge in [-0.2, -0.15) is 5.10 Å². The van der Waals surface area contributed by atoms with E-state index < -0.39 is 0 Å². The number of nitrogens with one attached hydrogen (secondary N) is 1. The molecule has 0 saturated heterocycles. The summed E-state index contributed by atoms with van der Waals surface area (Å²) in [4.78, 5) is 11.9. The molecule has 0 saturated carbocycles. The molecular formula is C14H24ClN3O2. The molecule has 5 nitrogen and oxygen atoms in total. The summed E-state index contributed by atoms with van der Waals surface area (Å²) in [7, 11) is 0. The summed E-state index contributed by atoms with van der Waals surface area (Å²) in [6, 6.07) is 0.000940. The highest BCUT2D eigenvalue weighted by atomic mass is 35.5. The highest BCUT2D eigenvalue weighted by Crippen LogP contribution is 2.16. The first-order chi connectivity index (χ1) is 9.57. The van der Waals surface area contributed by atoms with Crippen LogP contribution in [0.4, 0.5) is 5.69 Å². The number of hydrogen-bond acceptors (Lipinski definition) is 4. The van der Waals surface area contributed by atoms with E-state index in [0.29, 0.717) is 18.8 Å². The van der Waals surface area contributed by atoms with Crippen LogP contribution in [0.2, 0.25) is 5.02 Å². The zero-order chi connectivity index (χ0) is 15.0. The smallest absolute Gasteiger partial charge is 0.287 e. The van der Waals surface area contributed by atoms with E-state index in [2.05, 4.69) is 17.3 Å². The van der Waals surface area contributed by atoms with Gasteiger partial charge in [-0.15, -0.1) is 0 Å². The zero-order valence-corrected chi connectivity index (χ0v) is 13.2. The van der Waals surface area contributed by atoms with E-state index in [9.17, 15) is 4.79 Å². The fraction of sp³-hybridized carbons (Fsp3) is 0.714. The molecule has 1 N–H and O–H groups in total. The molecule has 1 heterocycles. The molecule has 20 heavy (non-hydrogen) atoms. The lowest BCUT2D eigenvalue weighted by molar-refractivity contribution is 0.131. The van der Waals surface area contributed by atoms with Crippen molar-refractivity contribution in [3.63, 3.8) is 0 Å². The zero-order valence-electron chi connectivity index (χ0n) is 12.5. The van der Waals surface area contributed by atoms with Gasteiger partial charge in [0.15, 0.2) is 0 Å². The van der Waals surface area contributed by atoms with E-state index in [4.69, 9.17) is 16.3 Å². The number of aromatic nitrogens is 2. The first-order valence-electron chi connectivity index (χ1n) is 7.16. The Morgan fingerprint density at radius 2 is 2.10 bits per heavy atom. The molecule has 0 radical (unpaired) electrons.